The van der Waals surface area contributed by atoms with Crippen LogP contribution in [0.1, 0.15) is 11.8 Å². The number of nitrogens with two attached hydrogens (primary N) is 1. The first-order chi connectivity index (χ1) is 9.86. The van der Waals surface area contributed by atoms with Gasteiger partial charge in [-0.15, -0.1) is 10.2 Å². The predicted octanol–water partition coefficient (Wildman–Crippen LogP) is 1.70. The summed E-state index contributed by atoms with van der Waals surface area (Å²) in [7, 11) is 0. The fraction of sp³-hybridized carbons (Fsp3) is 0.214. The molecule has 2 aromatic heterocycles. The molecule has 0 aliphatic heterocycles. The van der Waals surface area contributed by atoms with Crippen molar-refractivity contribution in [2.24, 2.45) is 5.73 Å². The lowest BCUT2D eigenvalue weighted by Crippen LogP contribution is -2.02. The van der Waals surface area contributed by atoms with Crippen LogP contribution in [0.15, 0.2) is 40.9 Å². The molecule has 0 saturated heterocycles. The molecule has 20 heavy (non-hydrogen) atoms. The lowest BCUT2D eigenvalue weighted by atomic mass is 10.2. The first-order valence-electron chi connectivity index (χ1n) is 6.34. The molecular weight excluding hydrogens is 256 g/mol. The van der Waals surface area contributed by atoms with E-state index in [4.69, 9.17) is 14.9 Å². The van der Waals surface area contributed by atoms with Gasteiger partial charge < -0.3 is 14.9 Å². The van der Waals surface area contributed by atoms with Crippen LogP contribution >= 0.6 is 0 Å². The van der Waals surface area contributed by atoms with E-state index in [1.807, 2.05) is 30.3 Å². The van der Waals surface area contributed by atoms with Crippen LogP contribution in [0.2, 0.25) is 0 Å². The van der Waals surface area contributed by atoms with Crippen LogP contribution in [0.25, 0.3) is 10.9 Å². The van der Waals surface area contributed by atoms with Crippen molar-refractivity contribution in [2.45, 2.75) is 13.0 Å². The molecule has 2 N–H and O–H groups in total. The third kappa shape index (κ3) is 2.60. The van der Waals surface area contributed by atoms with E-state index in [1.165, 1.54) is 0 Å². The second-order valence-corrected chi connectivity index (χ2v) is 4.25. The molecule has 0 atom stereocenters. The van der Waals surface area contributed by atoms with Gasteiger partial charge in [-0.3, -0.25) is 4.98 Å². The Morgan fingerprint density at radius 2 is 1.95 bits per heavy atom. The molecule has 1 aromatic carbocycles. The minimum atomic E-state index is 0.216. The van der Waals surface area contributed by atoms with Gasteiger partial charge in [-0.1, -0.05) is 18.2 Å². The van der Waals surface area contributed by atoms with Crippen molar-refractivity contribution in [3.8, 4) is 5.75 Å². The molecule has 0 saturated carbocycles. The minimum Gasteiger partial charge on any atom is -0.482 e. The largest absolute Gasteiger partial charge is 0.482 e. The molecule has 0 aliphatic carbocycles. The summed E-state index contributed by atoms with van der Waals surface area (Å²) >= 11 is 0. The van der Waals surface area contributed by atoms with E-state index in [0.717, 1.165) is 10.9 Å². The quantitative estimate of drug-likeness (QED) is 0.759. The summed E-state index contributed by atoms with van der Waals surface area (Å²) in [6.07, 6.45) is 2.31. The average molecular weight is 270 g/mol. The number of rotatable bonds is 5. The molecule has 0 amide bonds. The van der Waals surface area contributed by atoms with Crippen LogP contribution < -0.4 is 10.5 Å². The highest BCUT2D eigenvalue weighted by Gasteiger charge is 2.08. The maximum atomic E-state index is 5.71. The Bertz CT molecular complexity index is 706. The molecule has 3 aromatic rings. The van der Waals surface area contributed by atoms with Crippen LogP contribution in [0.5, 0.6) is 5.75 Å². The number of pyridine rings is 1. The zero-order chi connectivity index (χ0) is 13.8. The standard InChI is InChI=1S/C14H14N4O2/c15-7-6-12-17-18-13(20-12)9-19-11-5-1-3-10-4-2-8-16-14(10)11/h1-5,8H,6-7,9,15H2. The molecule has 102 valence electrons. The first-order valence-corrected chi connectivity index (χ1v) is 6.34. The summed E-state index contributed by atoms with van der Waals surface area (Å²) in [5.74, 6) is 1.66. The van der Waals surface area contributed by atoms with E-state index >= 15 is 0 Å². The number of ether oxygens (including phenoxy) is 1. The van der Waals surface area contributed by atoms with Gasteiger partial charge in [-0.25, -0.2) is 0 Å². The summed E-state index contributed by atoms with van der Waals surface area (Å²) in [6, 6.07) is 9.66. The van der Waals surface area contributed by atoms with Crippen molar-refractivity contribution in [2.75, 3.05) is 6.54 Å². The summed E-state index contributed by atoms with van der Waals surface area (Å²) in [5.41, 5.74) is 6.25. The van der Waals surface area contributed by atoms with Crippen molar-refractivity contribution >= 4 is 10.9 Å². The smallest absolute Gasteiger partial charge is 0.253 e. The average Bonchev–Trinajstić information content (AvgIpc) is 2.93. The monoisotopic (exact) mass is 270 g/mol. The van der Waals surface area contributed by atoms with E-state index in [-0.39, 0.29) is 6.61 Å². The number of nitrogens with zero attached hydrogens (tertiary/aromatic N) is 3. The van der Waals surface area contributed by atoms with Gasteiger partial charge in [0, 0.05) is 24.5 Å². The zero-order valence-electron chi connectivity index (χ0n) is 10.8. The van der Waals surface area contributed by atoms with Gasteiger partial charge in [0.15, 0.2) is 6.61 Å². The first kappa shape index (κ1) is 12.6. The summed E-state index contributed by atoms with van der Waals surface area (Å²) in [5, 5.41) is 8.83. The fourth-order valence-corrected chi connectivity index (χ4v) is 1.90. The highest BCUT2D eigenvalue weighted by Crippen LogP contribution is 2.23. The van der Waals surface area contributed by atoms with Crippen molar-refractivity contribution < 1.29 is 9.15 Å². The Morgan fingerprint density at radius 1 is 1.10 bits per heavy atom. The second-order valence-electron chi connectivity index (χ2n) is 4.25. The molecule has 0 spiro atoms. The Hall–Kier alpha value is -2.47. The van der Waals surface area contributed by atoms with Gasteiger partial charge in [-0.05, 0) is 12.1 Å². The Labute approximate surface area is 115 Å². The van der Waals surface area contributed by atoms with Crippen LogP contribution in [0.3, 0.4) is 0 Å². The molecule has 3 rings (SSSR count). The number of para-hydroxylation sites is 1. The zero-order valence-corrected chi connectivity index (χ0v) is 10.8. The van der Waals surface area contributed by atoms with Gasteiger partial charge in [0.1, 0.15) is 11.3 Å². The van der Waals surface area contributed by atoms with Crippen LogP contribution in [-0.4, -0.2) is 21.7 Å². The SMILES string of the molecule is NCCc1nnc(COc2cccc3cccnc23)o1. The van der Waals surface area contributed by atoms with Gasteiger partial charge in [0.2, 0.25) is 5.89 Å². The topological polar surface area (TPSA) is 87.1 Å². The van der Waals surface area contributed by atoms with Gasteiger partial charge in [0.05, 0.1) is 0 Å². The lowest BCUT2D eigenvalue weighted by molar-refractivity contribution is 0.261. The number of benzene rings is 1. The molecule has 2 heterocycles. The maximum Gasteiger partial charge on any atom is 0.253 e. The lowest BCUT2D eigenvalue weighted by Gasteiger charge is -2.06. The molecule has 0 bridgehead atoms. The number of hydrogen-bond donors (Lipinski definition) is 1. The number of hydrogen-bond acceptors (Lipinski definition) is 6. The molecule has 6 heteroatoms. The van der Waals surface area contributed by atoms with E-state index in [9.17, 15) is 0 Å². The van der Waals surface area contributed by atoms with Gasteiger partial charge in [0.25, 0.3) is 5.89 Å². The van der Waals surface area contributed by atoms with Crippen LogP contribution in [0.4, 0.5) is 0 Å². The van der Waals surface area contributed by atoms with E-state index < -0.39 is 0 Å². The number of aromatic nitrogens is 3. The van der Waals surface area contributed by atoms with E-state index in [0.29, 0.717) is 30.5 Å². The molecule has 0 radical (unpaired) electrons. The Kier molecular flexibility index (Phi) is 3.56. The van der Waals surface area contributed by atoms with Crippen molar-refractivity contribution in [1.82, 2.24) is 15.2 Å². The van der Waals surface area contributed by atoms with E-state index in [2.05, 4.69) is 15.2 Å². The predicted molar refractivity (Wildman–Crippen MR) is 73.1 cm³/mol. The third-order valence-electron chi connectivity index (χ3n) is 2.81. The number of fused-ring (bicyclic) bond motifs is 1. The van der Waals surface area contributed by atoms with Crippen molar-refractivity contribution in [3.05, 3.63) is 48.3 Å². The summed E-state index contributed by atoms with van der Waals surface area (Å²) in [6.45, 7) is 0.697. The molecule has 0 unspecified atom stereocenters. The minimum absolute atomic E-state index is 0.216. The van der Waals surface area contributed by atoms with Crippen LogP contribution in [0, 0.1) is 0 Å². The second kappa shape index (κ2) is 5.66. The Morgan fingerprint density at radius 3 is 2.85 bits per heavy atom. The van der Waals surface area contributed by atoms with Gasteiger partial charge >= 0.3 is 0 Å². The van der Waals surface area contributed by atoms with Gasteiger partial charge in [-0.2, -0.15) is 0 Å². The Balaban J connectivity index is 1.76. The summed E-state index contributed by atoms with van der Waals surface area (Å²) < 4.78 is 11.1. The van der Waals surface area contributed by atoms with Crippen molar-refractivity contribution in [1.29, 1.82) is 0 Å². The van der Waals surface area contributed by atoms with Crippen molar-refractivity contribution in [3.63, 3.8) is 0 Å². The maximum absolute atomic E-state index is 5.71. The highest BCUT2D eigenvalue weighted by molar-refractivity contribution is 5.84. The van der Waals surface area contributed by atoms with E-state index in [1.54, 1.807) is 6.20 Å². The molecule has 0 aliphatic rings. The fourth-order valence-electron chi connectivity index (χ4n) is 1.90. The summed E-state index contributed by atoms with van der Waals surface area (Å²) in [4.78, 5) is 4.32. The molecule has 0 fully saturated rings. The molecule has 6 nitrogen and oxygen atoms in total. The third-order valence-corrected chi connectivity index (χ3v) is 2.81. The van der Waals surface area contributed by atoms with Crippen LogP contribution in [-0.2, 0) is 13.0 Å². The molecular formula is C14H14N4O2. The normalized spacial score (nSPS) is 10.8. The highest BCUT2D eigenvalue weighted by atomic mass is 16.5.